The molecule has 0 aromatic carbocycles. The Bertz CT molecular complexity index is 2220. The lowest BCUT2D eigenvalue weighted by Crippen LogP contribution is -2.66. The van der Waals surface area contributed by atoms with Crippen LogP contribution in [0.2, 0.25) is 0 Å². The van der Waals surface area contributed by atoms with E-state index < -0.39 is 124 Å². The second kappa shape index (κ2) is 59.8. The first-order chi connectivity index (χ1) is 48.3. The molecular weight excluding hydrogens is 1260 g/mol. The van der Waals surface area contributed by atoms with Crippen LogP contribution in [0.25, 0.3) is 0 Å². The van der Waals surface area contributed by atoms with Crippen molar-refractivity contribution in [2.75, 3.05) is 26.4 Å². The van der Waals surface area contributed by atoms with Gasteiger partial charge >= 0.3 is 0 Å². The fourth-order valence-corrected chi connectivity index (χ4v) is 12.4. The molecule has 0 spiro atoms. The summed E-state index contributed by atoms with van der Waals surface area (Å²) in [4.78, 5) is 13.5. The number of hydrogen-bond acceptors (Lipinski definition) is 18. The molecule has 0 radical (unpaired) electrons. The molecule has 0 bridgehead atoms. The molecule has 0 aromatic rings. The van der Waals surface area contributed by atoms with Crippen molar-refractivity contribution >= 4 is 5.91 Å². The van der Waals surface area contributed by atoms with Gasteiger partial charge in [0.1, 0.15) is 73.2 Å². The van der Waals surface area contributed by atoms with Crippen molar-refractivity contribution in [1.29, 1.82) is 0 Å². The quantitative estimate of drug-likeness (QED) is 0.0199. The number of aliphatic hydroxyl groups excluding tert-OH is 11. The van der Waals surface area contributed by atoms with E-state index in [1.54, 1.807) is 6.08 Å². The molecule has 570 valence electrons. The average Bonchev–Trinajstić information content (AvgIpc) is 0.577. The molecule has 3 rings (SSSR count). The van der Waals surface area contributed by atoms with Crippen LogP contribution in [0, 0.1) is 0 Å². The van der Waals surface area contributed by atoms with Crippen LogP contribution < -0.4 is 5.32 Å². The van der Waals surface area contributed by atoms with E-state index in [2.05, 4.69) is 116 Å². The largest absolute Gasteiger partial charge is 0.394 e. The van der Waals surface area contributed by atoms with Crippen LogP contribution in [0.15, 0.2) is 109 Å². The molecule has 0 aliphatic carbocycles. The van der Waals surface area contributed by atoms with Gasteiger partial charge in [-0.05, 0) is 89.9 Å². The monoisotopic (exact) mass is 1400 g/mol. The highest BCUT2D eigenvalue weighted by Gasteiger charge is 2.53. The van der Waals surface area contributed by atoms with Gasteiger partial charge in [-0.1, -0.05) is 271 Å². The Kier molecular flexibility index (Phi) is 54.2. The summed E-state index contributed by atoms with van der Waals surface area (Å²) in [5, 5.41) is 121. The highest BCUT2D eigenvalue weighted by atomic mass is 16.8. The average molecular weight is 1400 g/mol. The standard InChI is InChI=1S/C80H137NO18/c1-3-5-7-9-11-13-15-17-19-21-23-25-27-28-29-30-31-32-33-34-36-38-40-42-44-46-48-50-52-54-56-58-68(86)81-63(64(85)57-55-53-51-49-47-45-43-41-39-37-35-26-24-22-20-18-16-14-12-10-8-6-4-2)62-94-78-74(92)71(89)76(66(60-83)96-78)99-80-75(93)72(90)77(67(61-84)97-80)98-79-73(91)70(88)69(87)65(59-82)95-79/h5,7,11,13,17,19,23,25,28-29,31-32,34,36,47,49,55,57,63-67,69-80,82-85,87-93H,3-4,6,8-10,12,14-16,18,20-22,24,26-27,30,33,35,37-46,48,50-54,56,58-62H2,1-2H3,(H,81,86)/b7-5-,13-11-,19-17-,25-23-,29-28-,32-31-,36-34-,49-47+,57-55+. The summed E-state index contributed by atoms with van der Waals surface area (Å²) < 4.78 is 34.4. The molecule has 1 amide bonds. The van der Waals surface area contributed by atoms with Crippen LogP contribution >= 0.6 is 0 Å². The van der Waals surface area contributed by atoms with Crippen molar-refractivity contribution in [3.8, 4) is 0 Å². The van der Waals surface area contributed by atoms with E-state index in [1.165, 1.54) is 128 Å². The van der Waals surface area contributed by atoms with Gasteiger partial charge in [-0.2, -0.15) is 0 Å². The summed E-state index contributed by atoms with van der Waals surface area (Å²) in [5.74, 6) is -0.295. The van der Waals surface area contributed by atoms with Gasteiger partial charge in [0.2, 0.25) is 5.91 Å². The van der Waals surface area contributed by atoms with E-state index in [0.29, 0.717) is 12.8 Å². The second-order valence-corrected chi connectivity index (χ2v) is 27.1. The van der Waals surface area contributed by atoms with Gasteiger partial charge in [-0.3, -0.25) is 4.79 Å². The number of hydrogen-bond donors (Lipinski definition) is 12. The lowest BCUT2D eigenvalue weighted by molar-refractivity contribution is -0.379. The number of unbranched alkanes of at least 4 members (excludes halogenated alkanes) is 27. The predicted octanol–water partition coefficient (Wildman–Crippen LogP) is 12.2. The molecule has 3 fully saturated rings. The highest BCUT2D eigenvalue weighted by molar-refractivity contribution is 5.76. The van der Waals surface area contributed by atoms with Gasteiger partial charge in [0.05, 0.1) is 38.6 Å². The Morgan fingerprint density at radius 2 is 0.707 bits per heavy atom. The van der Waals surface area contributed by atoms with Gasteiger partial charge < -0.3 is 89.9 Å². The number of rotatable bonds is 59. The lowest BCUT2D eigenvalue weighted by atomic mass is 9.96. The molecular formula is C80H137NO18. The molecule has 0 saturated carbocycles. The van der Waals surface area contributed by atoms with E-state index in [0.717, 1.165) is 96.3 Å². The minimum atomic E-state index is -1.99. The fourth-order valence-electron chi connectivity index (χ4n) is 12.4. The van der Waals surface area contributed by atoms with Gasteiger partial charge in [0.25, 0.3) is 0 Å². The SMILES string of the molecule is CC/C=C\C/C=C\C/C=C\C/C=C\C/C=C\C/C=C\C/C=C\CCCCCCCCCCCC(=O)NC(COC1OC(CO)C(OC2OC(CO)C(OC3OC(CO)C(O)C(O)C3O)C(O)C2O)C(O)C1O)C(O)/C=C/CC/C=C/CCCCCCCCCCCCCCCCCCC. The zero-order valence-corrected chi connectivity index (χ0v) is 60.7. The van der Waals surface area contributed by atoms with E-state index in [4.69, 9.17) is 28.4 Å². The van der Waals surface area contributed by atoms with Crippen LogP contribution in [-0.4, -0.2) is 193 Å². The number of nitrogens with one attached hydrogen (secondary N) is 1. The summed E-state index contributed by atoms with van der Waals surface area (Å²) >= 11 is 0. The van der Waals surface area contributed by atoms with Crippen molar-refractivity contribution in [3.05, 3.63) is 109 Å². The molecule has 17 atom stereocenters. The van der Waals surface area contributed by atoms with Crippen LogP contribution in [0.3, 0.4) is 0 Å². The van der Waals surface area contributed by atoms with Crippen molar-refractivity contribution < 1.29 is 89.4 Å². The van der Waals surface area contributed by atoms with Crippen LogP contribution in [0.5, 0.6) is 0 Å². The molecule has 12 N–H and O–H groups in total. The van der Waals surface area contributed by atoms with Crippen molar-refractivity contribution in [2.45, 2.75) is 362 Å². The summed E-state index contributed by atoms with van der Waals surface area (Å²) in [6, 6.07) is -1.00. The van der Waals surface area contributed by atoms with E-state index >= 15 is 0 Å². The summed E-state index contributed by atoms with van der Waals surface area (Å²) in [6.45, 7) is 1.61. The van der Waals surface area contributed by atoms with Crippen molar-refractivity contribution in [1.82, 2.24) is 5.32 Å². The third-order valence-electron chi connectivity index (χ3n) is 18.6. The Morgan fingerprint density at radius 3 is 1.13 bits per heavy atom. The van der Waals surface area contributed by atoms with E-state index in [1.807, 2.05) is 6.08 Å². The van der Waals surface area contributed by atoms with Crippen LogP contribution in [0.4, 0.5) is 0 Å². The summed E-state index contributed by atoms with van der Waals surface area (Å²) in [5.41, 5.74) is 0. The topological polar surface area (TPSA) is 307 Å². The predicted molar refractivity (Wildman–Crippen MR) is 392 cm³/mol. The molecule has 3 heterocycles. The molecule has 0 aromatic heterocycles. The highest BCUT2D eigenvalue weighted by Crippen LogP contribution is 2.33. The van der Waals surface area contributed by atoms with Gasteiger partial charge in [0, 0.05) is 6.42 Å². The maximum Gasteiger partial charge on any atom is 0.220 e. The zero-order chi connectivity index (χ0) is 71.8. The Hall–Kier alpha value is -3.55. The van der Waals surface area contributed by atoms with Crippen LogP contribution in [-0.2, 0) is 33.2 Å². The number of allylic oxidation sites excluding steroid dienone is 17. The summed E-state index contributed by atoms with van der Waals surface area (Å²) in [6.07, 6.45) is 54.9. The van der Waals surface area contributed by atoms with Gasteiger partial charge in [-0.25, -0.2) is 0 Å². The third kappa shape index (κ3) is 40.3. The molecule has 17 unspecified atom stereocenters. The molecule has 3 aliphatic heterocycles. The third-order valence-corrected chi connectivity index (χ3v) is 18.6. The molecule has 3 saturated heterocycles. The maximum atomic E-state index is 13.5. The Balaban J connectivity index is 1.41. The molecule has 99 heavy (non-hydrogen) atoms. The van der Waals surface area contributed by atoms with Crippen molar-refractivity contribution in [3.63, 3.8) is 0 Å². The van der Waals surface area contributed by atoms with Gasteiger partial charge in [0.15, 0.2) is 18.9 Å². The van der Waals surface area contributed by atoms with E-state index in [-0.39, 0.29) is 18.9 Å². The minimum Gasteiger partial charge on any atom is -0.394 e. The molecule has 19 nitrogen and oxygen atoms in total. The number of aliphatic hydroxyl groups is 11. The van der Waals surface area contributed by atoms with Crippen LogP contribution in [0.1, 0.15) is 258 Å². The molecule has 19 heteroatoms. The number of carbonyl (C=O) groups is 1. The Labute approximate surface area is 595 Å². The normalized spacial score (nSPS) is 27.2. The molecule has 3 aliphatic rings. The smallest absolute Gasteiger partial charge is 0.220 e. The minimum absolute atomic E-state index is 0.221. The first kappa shape index (κ1) is 89.7. The first-order valence-corrected chi connectivity index (χ1v) is 38.6. The first-order valence-electron chi connectivity index (χ1n) is 38.6. The van der Waals surface area contributed by atoms with E-state index in [9.17, 15) is 61.0 Å². The number of ether oxygens (including phenoxy) is 6. The van der Waals surface area contributed by atoms with Gasteiger partial charge in [-0.15, -0.1) is 0 Å². The lowest BCUT2D eigenvalue weighted by Gasteiger charge is -2.48. The maximum absolute atomic E-state index is 13.5. The second-order valence-electron chi connectivity index (χ2n) is 27.1. The summed E-state index contributed by atoms with van der Waals surface area (Å²) in [7, 11) is 0. The fraction of sp³-hybridized carbons (Fsp3) is 0.762. The van der Waals surface area contributed by atoms with Crippen molar-refractivity contribution in [2.24, 2.45) is 0 Å². The number of amides is 1. The zero-order valence-electron chi connectivity index (χ0n) is 60.7. The number of carbonyl (C=O) groups excluding carboxylic acids is 1. The Morgan fingerprint density at radius 1 is 0.374 bits per heavy atom.